The quantitative estimate of drug-likeness (QED) is 0.448. The van der Waals surface area contributed by atoms with Gasteiger partial charge >= 0.3 is 0 Å². The van der Waals surface area contributed by atoms with Gasteiger partial charge in [-0.15, -0.1) is 0 Å². The minimum Gasteiger partial charge on any atom is -0.411 e. The summed E-state index contributed by atoms with van der Waals surface area (Å²) < 4.78 is 0. The molecule has 1 aliphatic carbocycles. The highest BCUT2D eigenvalue weighted by Gasteiger charge is 2.30. The Balaban J connectivity index is 1.75. The van der Waals surface area contributed by atoms with Crippen LogP contribution in [0, 0.1) is 5.92 Å². The van der Waals surface area contributed by atoms with Gasteiger partial charge in [0.15, 0.2) is 0 Å². The number of Topliss-reactive ketones (excluding diaryl/α,β-unsaturated/α-hetero) is 2. The first-order chi connectivity index (χ1) is 11.5. The van der Waals surface area contributed by atoms with Crippen molar-refractivity contribution in [2.75, 3.05) is 5.32 Å². The molecule has 1 aromatic rings. The van der Waals surface area contributed by atoms with E-state index in [2.05, 4.69) is 10.5 Å². The monoisotopic (exact) mass is 350 g/mol. The number of hydrogen-bond donors (Lipinski definition) is 2. The molecule has 1 amide bonds. The van der Waals surface area contributed by atoms with E-state index >= 15 is 0 Å². The average molecular weight is 351 g/mol. The van der Waals surface area contributed by atoms with E-state index in [0.717, 1.165) is 6.42 Å². The lowest BCUT2D eigenvalue weighted by atomic mass is 9.96. The standard InChI is InChI=1S/C17H19ClN2O4/c18-11-4-6-12(7-5-11)19-17(23)9-8-13(21)10-16(22)14-2-1-3-15(14)20-24/h4-7,14,24H,1-3,8-10H2,(H,19,23)/b20-15+/t14-/m1/s1. The van der Waals surface area contributed by atoms with Crippen LogP contribution >= 0.6 is 11.6 Å². The minimum absolute atomic E-state index is 0.00346. The van der Waals surface area contributed by atoms with Gasteiger partial charge in [0.05, 0.1) is 18.1 Å². The summed E-state index contributed by atoms with van der Waals surface area (Å²) in [5.41, 5.74) is 1.05. The number of amides is 1. The molecule has 1 atom stereocenters. The fourth-order valence-electron chi connectivity index (χ4n) is 2.71. The molecule has 2 rings (SSSR count). The Bertz CT molecular complexity index is 655. The SMILES string of the molecule is O=C(CCC(=O)Nc1ccc(Cl)cc1)CC(=O)[C@@H]1CCC/C1=N\O. The van der Waals surface area contributed by atoms with E-state index in [9.17, 15) is 14.4 Å². The first kappa shape index (κ1) is 18.1. The molecule has 0 radical (unpaired) electrons. The molecule has 2 N–H and O–H groups in total. The number of halogens is 1. The van der Waals surface area contributed by atoms with E-state index in [1.54, 1.807) is 24.3 Å². The molecule has 0 unspecified atom stereocenters. The van der Waals surface area contributed by atoms with Crippen LogP contribution in [0.1, 0.15) is 38.5 Å². The molecule has 0 aromatic heterocycles. The maximum atomic E-state index is 12.1. The van der Waals surface area contributed by atoms with Crippen LogP contribution in [0.4, 0.5) is 5.69 Å². The van der Waals surface area contributed by atoms with Gasteiger partial charge in [-0.1, -0.05) is 16.8 Å². The summed E-state index contributed by atoms with van der Waals surface area (Å²) in [4.78, 5) is 35.8. The normalized spacial score (nSPS) is 18.5. The summed E-state index contributed by atoms with van der Waals surface area (Å²) in [5.74, 6) is -1.27. The predicted molar refractivity (Wildman–Crippen MR) is 90.5 cm³/mol. The molecule has 24 heavy (non-hydrogen) atoms. The Morgan fingerprint density at radius 1 is 1.21 bits per heavy atom. The lowest BCUT2D eigenvalue weighted by Gasteiger charge is -2.08. The number of carbonyl (C=O) groups excluding carboxylic acids is 3. The molecular weight excluding hydrogens is 332 g/mol. The molecule has 1 fully saturated rings. The number of nitrogens with one attached hydrogen (secondary N) is 1. The lowest BCUT2D eigenvalue weighted by Crippen LogP contribution is -2.22. The highest BCUT2D eigenvalue weighted by atomic mass is 35.5. The zero-order valence-electron chi connectivity index (χ0n) is 13.1. The van der Waals surface area contributed by atoms with Crippen molar-refractivity contribution in [2.45, 2.75) is 38.5 Å². The molecule has 0 saturated heterocycles. The molecular formula is C17H19ClN2O4. The second kappa shape index (κ2) is 8.59. The summed E-state index contributed by atoms with van der Waals surface area (Å²) in [6.45, 7) is 0. The third-order valence-electron chi connectivity index (χ3n) is 3.98. The van der Waals surface area contributed by atoms with Crippen LogP contribution in [-0.2, 0) is 14.4 Å². The zero-order chi connectivity index (χ0) is 17.5. The molecule has 1 aliphatic rings. The molecule has 0 heterocycles. The number of hydrogen-bond acceptors (Lipinski definition) is 5. The van der Waals surface area contributed by atoms with E-state index in [4.69, 9.17) is 16.8 Å². The molecule has 1 aromatic carbocycles. The Morgan fingerprint density at radius 3 is 2.58 bits per heavy atom. The highest BCUT2D eigenvalue weighted by Crippen LogP contribution is 2.24. The van der Waals surface area contributed by atoms with Gasteiger partial charge in [-0.2, -0.15) is 0 Å². The molecule has 0 bridgehead atoms. The smallest absolute Gasteiger partial charge is 0.224 e. The molecule has 7 heteroatoms. The van der Waals surface area contributed by atoms with Crippen LogP contribution in [0.15, 0.2) is 29.4 Å². The molecule has 0 aliphatic heterocycles. The van der Waals surface area contributed by atoms with Crippen molar-refractivity contribution in [3.8, 4) is 0 Å². The first-order valence-corrected chi connectivity index (χ1v) is 8.18. The molecule has 128 valence electrons. The van der Waals surface area contributed by atoms with Gasteiger partial charge in [0, 0.05) is 23.6 Å². The number of oxime groups is 1. The first-order valence-electron chi connectivity index (χ1n) is 7.80. The van der Waals surface area contributed by atoms with Gasteiger partial charge in [0.25, 0.3) is 0 Å². The number of carbonyl (C=O) groups is 3. The summed E-state index contributed by atoms with van der Waals surface area (Å²) in [6.07, 6.45) is 1.78. The third kappa shape index (κ3) is 5.16. The maximum Gasteiger partial charge on any atom is 0.224 e. The van der Waals surface area contributed by atoms with Crippen LogP contribution in [-0.4, -0.2) is 28.4 Å². The minimum atomic E-state index is -0.457. The third-order valence-corrected chi connectivity index (χ3v) is 4.23. The number of anilines is 1. The number of rotatable bonds is 7. The summed E-state index contributed by atoms with van der Waals surface area (Å²) >= 11 is 5.76. The highest BCUT2D eigenvalue weighted by molar-refractivity contribution is 6.30. The van der Waals surface area contributed by atoms with Crippen molar-refractivity contribution >= 4 is 40.5 Å². The molecule has 6 nitrogen and oxygen atoms in total. The van der Waals surface area contributed by atoms with Gasteiger partial charge < -0.3 is 10.5 Å². The summed E-state index contributed by atoms with van der Waals surface area (Å²) in [7, 11) is 0. The van der Waals surface area contributed by atoms with E-state index in [1.807, 2.05) is 0 Å². The Labute approximate surface area is 144 Å². The number of benzene rings is 1. The molecule has 0 spiro atoms. The van der Waals surface area contributed by atoms with Gasteiger partial charge in [-0.3, -0.25) is 14.4 Å². The van der Waals surface area contributed by atoms with Gasteiger partial charge in [0.1, 0.15) is 11.6 Å². The average Bonchev–Trinajstić information content (AvgIpc) is 3.04. The lowest BCUT2D eigenvalue weighted by molar-refractivity contribution is -0.129. The fourth-order valence-corrected chi connectivity index (χ4v) is 2.84. The number of nitrogens with zero attached hydrogens (tertiary/aromatic N) is 1. The van der Waals surface area contributed by atoms with Crippen LogP contribution in [0.2, 0.25) is 5.02 Å². The summed E-state index contributed by atoms with van der Waals surface area (Å²) in [6, 6.07) is 6.65. The van der Waals surface area contributed by atoms with E-state index in [-0.39, 0.29) is 36.7 Å². The Hall–Kier alpha value is -2.21. The second-order valence-electron chi connectivity index (χ2n) is 5.77. The van der Waals surface area contributed by atoms with Crippen molar-refractivity contribution < 1.29 is 19.6 Å². The van der Waals surface area contributed by atoms with E-state index in [0.29, 0.717) is 29.3 Å². The van der Waals surface area contributed by atoms with Crippen LogP contribution in [0.5, 0.6) is 0 Å². The second-order valence-corrected chi connectivity index (χ2v) is 6.21. The molecule has 1 saturated carbocycles. The number of ketones is 2. The predicted octanol–water partition coefficient (Wildman–Crippen LogP) is 3.22. The van der Waals surface area contributed by atoms with Crippen molar-refractivity contribution in [3.63, 3.8) is 0 Å². The van der Waals surface area contributed by atoms with Gasteiger partial charge in [-0.25, -0.2) is 0 Å². The van der Waals surface area contributed by atoms with Crippen LogP contribution < -0.4 is 5.32 Å². The van der Waals surface area contributed by atoms with Crippen LogP contribution in [0.3, 0.4) is 0 Å². The van der Waals surface area contributed by atoms with Gasteiger partial charge in [0.2, 0.25) is 5.91 Å². The van der Waals surface area contributed by atoms with E-state index < -0.39 is 5.92 Å². The van der Waals surface area contributed by atoms with Gasteiger partial charge in [-0.05, 0) is 43.5 Å². The summed E-state index contributed by atoms with van der Waals surface area (Å²) in [5, 5.41) is 15.2. The Morgan fingerprint density at radius 2 is 1.92 bits per heavy atom. The topological polar surface area (TPSA) is 95.8 Å². The van der Waals surface area contributed by atoms with Crippen LogP contribution in [0.25, 0.3) is 0 Å². The largest absolute Gasteiger partial charge is 0.411 e. The van der Waals surface area contributed by atoms with Crippen molar-refractivity contribution in [1.82, 2.24) is 0 Å². The maximum absolute atomic E-state index is 12.1. The van der Waals surface area contributed by atoms with Crippen molar-refractivity contribution in [1.29, 1.82) is 0 Å². The fraction of sp³-hybridized carbons (Fsp3) is 0.412. The van der Waals surface area contributed by atoms with E-state index in [1.165, 1.54) is 0 Å². The zero-order valence-corrected chi connectivity index (χ0v) is 13.9. The Kier molecular flexibility index (Phi) is 6.49. The van der Waals surface area contributed by atoms with Crippen molar-refractivity contribution in [2.24, 2.45) is 11.1 Å². The van der Waals surface area contributed by atoms with Crippen molar-refractivity contribution in [3.05, 3.63) is 29.3 Å².